The van der Waals surface area contributed by atoms with Crippen LogP contribution in [0.2, 0.25) is 0 Å². The Kier molecular flexibility index (Phi) is 9.28. The highest BCUT2D eigenvalue weighted by Gasteiger charge is 2.44. The molecule has 3 unspecified atom stereocenters. The van der Waals surface area contributed by atoms with E-state index in [1.165, 1.54) is 11.6 Å². The lowest BCUT2D eigenvalue weighted by molar-refractivity contribution is 0.0254. The number of halogens is 3. The fourth-order valence-corrected chi connectivity index (χ4v) is 6.16. The van der Waals surface area contributed by atoms with E-state index in [0.717, 1.165) is 76.7 Å². The van der Waals surface area contributed by atoms with Gasteiger partial charge in [-0.1, -0.05) is 31.2 Å². The van der Waals surface area contributed by atoms with Crippen molar-refractivity contribution in [2.24, 2.45) is 5.92 Å². The van der Waals surface area contributed by atoms with E-state index in [4.69, 9.17) is 9.47 Å². The highest BCUT2D eigenvalue weighted by molar-refractivity contribution is 5.51. The molecule has 2 aromatic rings. The zero-order chi connectivity index (χ0) is 27.4. The lowest BCUT2D eigenvalue weighted by Gasteiger charge is -2.43. The van der Waals surface area contributed by atoms with Gasteiger partial charge in [0.25, 0.3) is 0 Å². The Morgan fingerprint density at radius 1 is 0.974 bits per heavy atom. The summed E-state index contributed by atoms with van der Waals surface area (Å²) in [5, 5.41) is 10.3. The minimum absolute atomic E-state index is 0.00872. The molecule has 3 saturated heterocycles. The predicted octanol–water partition coefficient (Wildman–Crippen LogP) is 5.58. The topological polar surface area (TPSA) is 48.5 Å². The number of likely N-dealkylation sites (tertiary alicyclic amines) is 2. The van der Waals surface area contributed by atoms with Gasteiger partial charge >= 0.3 is 0 Å². The molecule has 5 nitrogen and oxygen atoms in total. The molecule has 2 aromatic carbocycles. The summed E-state index contributed by atoms with van der Waals surface area (Å²) >= 11 is 0. The molecule has 39 heavy (non-hydrogen) atoms. The zero-order valence-corrected chi connectivity index (χ0v) is 22.6. The van der Waals surface area contributed by atoms with Crippen molar-refractivity contribution >= 4 is 6.08 Å². The second-order valence-electron chi connectivity index (χ2n) is 11.0. The van der Waals surface area contributed by atoms with Crippen LogP contribution in [0.5, 0.6) is 5.75 Å². The summed E-state index contributed by atoms with van der Waals surface area (Å²) in [6, 6.07) is 10.1. The molecule has 3 heterocycles. The van der Waals surface area contributed by atoms with Crippen molar-refractivity contribution < 1.29 is 27.8 Å². The predicted molar refractivity (Wildman–Crippen MR) is 145 cm³/mol. The van der Waals surface area contributed by atoms with E-state index < -0.39 is 17.5 Å². The fraction of sp³-hybridized carbons (Fsp3) is 0.548. The van der Waals surface area contributed by atoms with Gasteiger partial charge in [0.05, 0.1) is 13.2 Å². The lowest BCUT2D eigenvalue weighted by atomic mass is 9.85. The van der Waals surface area contributed by atoms with E-state index in [1.54, 1.807) is 6.08 Å². The van der Waals surface area contributed by atoms with Crippen LogP contribution in [-0.2, 0) is 4.74 Å². The third kappa shape index (κ3) is 6.85. The van der Waals surface area contributed by atoms with Crippen LogP contribution in [0.15, 0.2) is 42.5 Å². The van der Waals surface area contributed by atoms with Crippen molar-refractivity contribution in [2.45, 2.75) is 63.3 Å². The number of nitrogens with zero attached hydrogens (tertiary/aromatic N) is 2. The number of epoxide rings is 1. The van der Waals surface area contributed by atoms with E-state index in [-0.39, 0.29) is 30.5 Å². The smallest absolute Gasteiger partial charge is 0.161 e. The largest absolute Gasteiger partial charge is 0.494 e. The van der Waals surface area contributed by atoms with Crippen molar-refractivity contribution in [3.63, 3.8) is 0 Å². The monoisotopic (exact) mass is 544 g/mol. The van der Waals surface area contributed by atoms with E-state index in [0.29, 0.717) is 17.9 Å². The first-order chi connectivity index (χ1) is 19.0. The SMILES string of the molecule is CCCOc1ccc(C2CCN(C(CO)C3CCN(C4OC4/C=C/c4cc(F)c(F)cc4F)CC3)CC2)cc1. The molecule has 1 N–H and O–H groups in total. The minimum atomic E-state index is -1.19. The molecule has 212 valence electrons. The summed E-state index contributed by atoms with van der Waals surface area (Å²) < 4.78 is 51.9. The number of aliphatic hydroxyl groups is 1. The number of benzene rings is 2. The van der Waals surface area contributed by atoms with Crippen molar-refractivity contribution in [1.29, 1.82) is 0 Å². The van der Waals surface area contributed by atoms with E-state index >= 15 is 0 Å². The molecule has 3 aliphatic heterocycles. The second-order valence-corrected chi connectivity index (χ2v) is 11.0. The van der Waals surface area contributed by atoms with Gasteiger partial charge in [-0.25, -0.2) is 13.2 Å². The van der Waals surface area contributed by atoms with Gasteiger partial charge in [0.15, 0.2) is 11.6 Å². The van der Waals surface area contributed by atoms with Crippen LogP contribution in [0.25, 0.3) is 6.08 Å². The van der Waals surface area contributed by atoms with Gasteiger partial charge in [-0.3, -0.25) is 9.80 Å². The first kappa shape index (κ1) is 28.1. The van der Waals surface area contributed by atoms with Crippen LogP contribution in [0.1, 0.15) is 56.1 Å². The lowest BCUT2D eigenvalue weighted by Crippen LogP contribution is -2.50. The molecule has 0 amide bonds. The van der Waals surface area contributed by atoms with Crippen LogP contribution in [0.4, 0.5) is 13.2 Å². The molecule has 8 heteroatoms. The van der Waals surface area contributed by atoms with Crippen molar-refractivity contribution in [3.05, 3.63) is 71.1 Å². The van der Waals surface area contributed by atoms with Crippen molar-refractivity contribution in [3.8, 4) is 5.75 Å². The Labute approximate surface area is 229 Å². The summed E-state index contributed by atoms with van der Waals surface area (Å²) in [5.41, 5.74) is 1.38. The molecule has 0 saturated carbocycles. The molecule has 0 bridgehead atoms. The van der Waals surface area contributed by atoms with E-state index in [9.17, 15) is 18.3 Å². The van der Waals surface area contributed by atoms with Gasteiger partial charge in [-0.15, -0.1) is 0 Å². The Morgan fingerprint density at radius 2 is 1.67 bits per heavy atom. The maximum Gasteiger partial charge on any atom is 0.161 e. The quantitative estimate of drug-likeness (QED) is 0.313. The molecule has 0 spiro atoms. The molecule has 0 aliphatic carbocycles. The van der Waals surface area contributed by atoms with Gasteiger partial charge in [0.2, 0.25) is 0 Å². The molecule has 3 fully saturated rings. The molecule has 5 rings (SSSR count). The van der Waals surface area contributed by atoms with Crippen LogP contribution in [0.3, 0.4) is 0 Å². The van der Waals surface area contributed by atoms with Crippen LogP contribution >= 0.6 is 0 Å². The third-order valence-electron chi connectivity index (χ3n) is 8.49. The summed E-state index contributed by atoms with van der Waals surface area (Å²) in [7, 11) is 0. The molecule has 3 aliphatic rings. The number of aliphatic hydroxyl groups excluding tert-OH is 1. The van der Waals surface area contributed by atoms with Gasteiger partial charge in [-0.2, -0.15) is 0 Å². The molecular formula is C31H39F3N2O3. The Hall–Kier alpha value is -2.39. The normalized spacial score (nSPS) is 24.3. The van der Waals surface area contributed by atoms with E-state index in [1.807, 2.05) is 0 Å². The van der Waals surface area contributed by atoms with Crippen molar-refractivity contribution in [1.82, 2.24) is 9.80 Å². The van der Waals surface area contributed by atoms with Gasteiger partial charge < -0.3 is 14.6 Å². The number of hydrogen-bond acceptors (Lipinski definition) is 5. The molecular weight excluding hydrogens is 505 g/mol. The molecule has 0 radical (unpaired) electrons. The van der Waals surface area contributed by atoms with E-state index in [2.05, 4.69) is 41.0 Å². The Bertz CT molecular complexity index is 1110. The number of ether oxygens (including phenoxy) is 2. The zero-order valence-electron chi connectivity index (χ0n) is 22.6. The number of hydrogen-bond donors (Lipinski definition) is 1. The number of piperidine rings is 2. The van der Waals surface area contributed by atoms with Crippen LogP contribution < -0.4 is 4.74 Å². The fourth-order valence-electron chi connectivity index (χ4n) is 6.16. The minimum Gasteiger partial charge on any atom is -0.494 e. The molecule has 3 atom stereocenters. The van der Waals surface area contributed by atoms with Crippen LogP contribution in [0, 0.1) is 23.4 Å². The maximum absolute atomic E-state index is 13.9. The second kappa shape index (κ2) is 12.9. The average molecular weight is 545 g/mol. The first-order valence-corrected chi connectivity index (χ1v) is 14.3. The van der Waals surface area contributed by atoms with Crippen molar-refractivity contribution in [2.75, 3.05) is 39.4 Å². The third-order valence-corrected chi connectivity index (χ3v) is 8.49. The highest BCUT2D eigenvalue weighted by Crippen LogP contribution is 2.35. The molecule has 0 aromatic heterocycles. The number of rotatable bonds is 10. The highest BCUT2D eigenvalue weighted by atomic mass is 19.2. The average Bonchev–Trinajstić information content (AvgIpc) is 3.74. The summed E-state index contributed by atoms with van der Waals surface area (Å²) in [6.45, 7) is 6.74. The standard InChI is InChI=1S/C31H39F3N2O3/c1-2-17-38-25-6-3-21(4-7-25)22-9-13-35(14-10-22)29(20-37)23-11-15-36(16-12-23)31-30(39-31)8-5-24-18-27(33)28(34)19-26(24)32/h3-8,18-19,22-23,29-31,37H,2,9-17,20H2,1H3/b8-5+. The van der Waals surface area contributed by atoms with Gasteiger partial charge in [0, 0.05) is 30.8 Å². The van der Waals surface area contributed by atoms with Crippen LogP contribution in [-0.4, -0.2) is 72.7 Å². The summed E-state index contributed by atoms with van der Waals surface area (Å²) in [4.78, 5) is 4.76. The first-order valence-electron chi connectivity index (χ1n) is 14.3. The van der Waals surface area contributed by atoms with Gasteiger partial charge in [0.1, 0.15) is 23.9 Å². The Balaban J connectivity index is 1.07. The Morgan fingerprint density at radius 3 is 2.33 bits per heavy atom. The summed E-state index contributed by atoms with van der Waals surface area (Å²) in [6.07, 6.45) is 8.05. The maximum atomic E-state index is 13.9. The van der Waals surface area contributed by atoms with Gasteiger partial charge in [-0.05, 0) is 80.8 Å². The summed E-state index contributed by atoms with van der Waals surface area (Å²) in [5.74, 6) is -1.15.